The molecular weight excluding hydrogens is 266 g/mol. The predicted octanol–water partition coefficient (Wildman–Crippen LogP) is 1.56. The van der Waals surface area contributed by atoms with Crippen LogP contribution in [0.15, 0.2) is 6.20 Å². The molecule has 2 aromatic rings. The van der Waals surface area contributed by atoms with Crippen molar-refractivity contribution >= 4 is 22.8 Å². The average Bonchev–Trinajstić information content (AvgIpc) is 2.91. The summed E-state index contributed by atoms with van der Waals surface area (Å²) in [5, 5.41) is 11.2. The van der Waals surface area contributed by atoms with E-state index in [1.165, 1.54) is 0 Å². The lowest BCUT2D eigenvalue weighted by Crippen LogP contribution is -2.28. The summed E-state index contributed by atoms with van der Waals surface area (Å²) in [7, 11) is 4.19. The van der Waals surface area contributed by atoms with Crippen LogP contribution in [0.4, 0.5) is 11.8 Å². The van der Waals surface area contributed by atoms with E-state index in [9.17, 15) is 0 Å². The van der Waals surface area contributed by atoms with Crippen LogP contribution in [0, 0.1) is 0 Å². The highest BCUT2D eigenvalue weighted by atomic mass is 15.3. The number of hydrogen-bond acceptors (Lipinski definition) is 6. The first-order valence-corrected chi connectivity index (χ1v) is 7.50. The maximum atomic E-state index is 4.66. The van der Waals surface area contributed by atoms with Crippen LogP contribution >= 0.6 is 0 Å². The quantitative estimate of drug-likeness (QED) is 0.769. The number of hydrogen-bond donors (Lipinski definition) is 2. The molecule has 0 fully saturated rings. The highest BCUT2D eigenvalue weighted by Gasteiger charge is 2.14. The first-order chi connectivity index (χ1) is 10.2. The number of aromatic amines is 1. The zero-order chi connectivity index (χ0) is 15.2. The van der Waals surface area contributed by atoms with Gasteiger partial charge in [-0.3, -0.25) is 5.10 Å². The first kappa shape index (κ1) is 15.5. The van der Waals surface area contributed by atoms with Gasteiger partial charge in [-0.2, -0.15) is 15.1 Å². The second-order valence-corrected chi connectivity index (χ2v) is 5.27. The van der Waals surface area contributed by atoms with E-state index < -0.39 is 0 Å². The zero-order valence-electron chi connectivity index (χ0n) is 13.3. The molecule has 2 aromatic heterocycles. The Morgan fingerprint density at radius 1 is 1.19 bits per heavy atom. The van der Waals surface area contributed by atoms with Gasteiger partial charge < -0.3 is 15.1 Å². The summed E-state index contributed by atoms with van der Waals surface area (Å²) in [5.41, 5.74) is 0.780. The number of nitrogens with one attached hydrogen (secondary N) is 2. The summed E-state index contributed by atoms with van der Waals surface area (Å²) < 4.78 is 0. The number of anilines is 2. The monoisotopic (exact) mass is 291 g/mol. The summed E-state index contributed by atoms with van der Waals surface area (Å²) in [5.74, 6) is 1.60. The largest absolute Gasteiger partial charge is 0.356 e. The molecule has 0 atom stereocenters. The van der Waals surface area contributed by atoms with Gasteiger partial charge in [0.05, 0.1) is 11.6 Å². The van der Waals surface area contributed by atoms with Crippen molar-refractivity contribution < 1.29 is 0 Å². The SMILES string of the molecule is CCNc1nc(N(CC)CCCN(C)C)c2cn[nH]c2n1. The third-order valence-electron chi connectivity index (χ3n) is 3.34. The molecule has 0 aromatic carbocycles. The number of rotatable bonds is 8. The smallest absolute Gasteiger partial charge is 0.226 e. The minimum atomic E-state index is 0.648. The molecule has 2 heterocycles. The molecule has 0 saturated carbocycles. The van der Waals surface area contributed by atoms with Crippen LogP contribution in [0.25, 0.3) is 11.0 Å². The van der Waals surface area contributed by atoms with Crippen molar-refractivity contribution in [3.63, 3.8) is 0 Å². The summed E-state index contributed by atoms with van der Waals surface area (Å²) in [4.78, 5) is 13.6. The number of nitrogens with zero attached hydrogens (tertiary/aromatic N) is 5. The molecule has 0 aliphatic rings. The van der Waals surface area contributed by atoms with Gasteiger partial charge in [-0.1, -0.05) is 0 Å². The number of fused-ring (bicyclic) bond motifs is 1. The standard InChI is InChI=1S/C14H25N7/c1-5-15-14-17-12-11(10-16-19-12)13(18-14)21(6-2)9-7-8-20(3)4/h10H,5-9H2,1-4H3,(H2,15,16,17,18,19). The molecule has 7 nitrogen and oxygen atoms in total. The van der Waals surface area contributed by atoms with Crippen molar-refractivity contribution in [2.45, 2.75) is 20.3 Å². The molecule has 2 N–H and O–H groups in total. The molecule has 0 bridgehead atoms. The zero-order valence-corrected chi connectivity index (χ0v) is 13.3. The molecule has 0 aliphatic heterocycles. The molecule has 0 unspecified atom stereocenters. The van der Waals surface area contributed by atoms with Crippen LogP contribution in [0.1, 0.15) is 20.3 Å². The Balaban J connectivity index is 2.25. The Kier molecular flexibility index (Phi) is 5.32. The Labute approximate surface area is 125 Å². The highest BCUT2D eigenvalue weighted by molar-refractivity contribution is 5.87. The van der Waals surface area contributed by atoms with E-state index in [-0.39, 0.29) is 0 Å². The molecular formula is C14H25N7. The van der Waals surface area contributed by atoms with Crippen molar-refractivity contribution in [2.24, 2.45) is 0 Å². The minimum absolute atomic E-state index is 0.648. The normalized spacial score (nSPS) is 11.3. The maximum absolute atomic E-state index is 4.66. The van der Waals surface area contributed by atoms with Crippen molar-refractivity contribution in [2.75, 3.05) is 50.5 Å². The van der Waals surface area contributed by atoms with Gasteiger partial charge in [0, 0.05) is 19.6 Å². The molecule has 116 valence electrons. The van der Waals surface area contributed by atoms with Crippen LogP contribution in [0.5, 0.6) is 0 Å². The highest BCUT2D eigenvalue weighted by Crippen LogP contribution is 2.23. The van der Waals surface area contributed by atoms with Gasteiger partial charge in [-0.25, -0.2) is 0 Å². The van der Waals surface area contributed by atoms with Gasteiger partial charge in [0.1, 0.15) is 5.82 Å². The first-order valence-electron chi connectivity index (χ1n) is 7.50. The number of aromatic nitrogens is 4. The van der Waals surface area contributed by atoms with Gasteiger partial charge in [0.2, 0.25) is 5.95 Å². The molecule has 0 radical (unpaired) electrons. The van der Waals surface area contributed by atoms with E-state index in [1.54, 1.807) is 6.20 Å². The lowest BCUT2D eigenvalue weighted by molar-refractivity contribution is 0.400. The van der Waals surface area contributed by atoms with E-state index in [4.69, 9.17) is 0 Å². The fraction of sp³-hybridized carbons (Fsp3) is 0.643. The summed E-state index contributed by atoms with van der Waals surface area (Å²) in [6.07, 6.45) is 2.90. The second-order valence-electron chi connectivity index (χ2n) is 5.27. The molecule has 0 amide bonds. The number of H-pyrrole nitrogens is 1. The van der Waals surface area contributed by atoms with Crippen molar-refractivity contribution in [3.05, 3.63) is 6.20 Å². The van der Waals surface area contributed by atoms with Crippen LogP contribution in [0.2, 0.25) is 0 Å². The molecule has 7 heteroatoms. The fourth-order valence-electron chi connectivity index (χ4n) is 2.29. The Morgan fingerprint density at radius 2 is 2.00 bits per heavy atom. The third kappa shape index (κ3) is 3.81. The second kappa shape index (κ2) is 7.21. The average molecular weight is 291 g/mol. The van der Waals surface area contributed by atoms with E-state index in [2.05, 4.69) is 56.3 Å². The Bertz CT molecular complexity index is 563. The fourth-order valence-corrected chi connectivity index (χ4v) is 2.29. The van der Waals surface area contributed by atoms with Crippen molar-refractivity contribution in [1.82, 2.24) is 25.1 Å². The van der Waals surface area contributed by atoms with Crippen molar-refractivity contribution in [3.8, 4) is 0 Å². The predicted molar refractivity (Wildman–Crippen MR) is 86.9 cm³/mol. The molecule has 0 spiro atoms. The van der Waals surface area contributed by atoms with E-state index in [0.717, 1.165) is 49.5 Å². The Hall–Kier alpha value is -1.89. The van der Waals surface area contributed by atoms with Crippen LogP contribution in [-0.4, -0.2) is 65.3 Å². The summed E-state index contributed by atoms with van der Waals surface area (Å²) in [6.45, 7) is 7.93. The molecule has 2 rings (SSSR count). The van der Waals surface area contributed by atoms with Crippen LogP contribution in [-0.2, 0) is 0 Å². The third-order valence-corrected chi connectivity index (χ3v) is 3.34. The maximum Gasteiger partial charge on any atom is 0.226 e. The van der Waals surface area contributed by atoms with Gasteiger partial charge in [0.25, 0.3) is 0 Å². The summed E-state index contributed by atoms with van der Waals surface area (Å²) >= 11 is 0. The van der Waals surface area contributed by atoms with Crippen molar-refractivity contribution in [1.29, 1.82) is 0 Å². The molecule has 0 saturated heterocycles. The van der Waals surface area contributed by atoms with Gasteiger partial charge in [-0.05, 0) is 40.9 Å². The van der Waals surface area contributed by atoms with Gasteiger partial charge in [0.15, 0.2) is 5.65 Å². The Morgan fingerprint density at radius 3 is 2.67 bits per heavy atom. The molecule has 21 heavy (non-hydrogen) atoms. The van der Waals surface area contributed by atoms with E-state index in [0.29, 0.717) is 5.95 Å². The van der Waals surface area contributed by atoms with E-state index in [1.807, 2.05) is 6.92 Å². The molecule has 0 aliphatic carbocycles. The lowest BCUT2D eigenvalue weighted by Gasteiger charge is -2.23. The summed E-state index contributed by atoms with van der Waals surface area (Å²) in [6, 6.07) is 0. The lowest BCUT2D eigenvalue weighted by atomic mass is 10.3. The minimum Gasteiger partial charge on any atom is -0.356 e. The van der Waals surface area contributed by atoms with E-state index >= 15 is 0 Å². The van der Waals surface area contributed by atoms with Gasteiger partial charge >= 0.3 is 0 Å². The topological polar surface area (TPSA) is 73.0 Å². The van der Waals surface area contributed by atoms with Crippen LogP contribution < -0.4 is 10.2 Å². The van der Waals surface area contributed by atoms with Crippen LogP contribution in [0.3, 0.4) is 0 Å². The van der Waals surface area contributed by atoms with Gasteiger partial charge in [-0.15, -0.1) is 0 Å².